The average Bonchev–Trinajstić information content (AvgIpc) is 2.48. The fraction of sp³-hybridized carbons (Fsp3) is 0.529. The van der Waals surface area contributed by atoms with Crippen molar-refractivity contribution >= 4 is 29.2 Å². The van der Waals surface area contributed by atoms with Crippen LogP contribution in [0.5, 0.6) is 0 Å². The summed E-state index contributed by atoms with van der Waals surface area (Å²) < 4.78 is 5.39. The fourth-order valence-corrected chi connectivity index (χ4v) is 2.61. The number of esters is 1. The van der Waals surface area contributed by atoms with E-state index in [-0.39, 0.29) is 17.8 Å². The Morgan fingerprint density at radius 1 is 1.26 bits per heavy atom. The minimum Gasteiger partial charge on any atom is -0.459 e. The van der Waals surface area contributed by atoms with Crippen molar-refractivity contribution in [3.63, 3.8) is 0 Å². The quantitative estimate of drug-likeness (QED) is 0.831. The molecule has 0 spiro atoms. The summed E-state index contributed by atoms with van der Waals surface area (Å²) >= 11 is 5.83. The standard InChI is InChI=1S/C17H23ClN2O3/c1-17(2,3)23-16(22)14-10-11(8-9-19-14)15(21)20-13-6-4-12(18)5-7-13/h4-7,11,14,19H,8-10H2,1-3H3,(H,20,21). The highest BCUT2D eigenvalue weighted by atomic mass is 35.5. The number of benzene rings is 1. The summed E-state index contributed by atoms with van der Waals surface area (Å²) in [7, 11) is 0. The van der Waals surface area contributed by atoms with E-state index in [1.54, 1.807) is 24.3 Å². The van der Waals surface area contributed by atoms with Gasteiger partial charge in [-0.1, -0.05) is 11.6 Å². The zero-order valence-electron chi connectivity index (χ0n) is 13.7. The van der Waals surface area contributed by atoms with Gasteiger partial charge in [-0.25, -0.2) is 0 Å². The number of carbonyl (C=O) groups is 2. The van der Waals surface area contributed by atoms with Gasteiger partial charge in [-0.05, 0) is 64.4 Å². The van der Waals surface area contributed by atoms with Crippen LogP contribution in [0.3, 0.4) is 0 Å². The third-order valence-electron chi connectivity index (χ3n) is 3.58. The fourth-order valence-electron chi connectivity index (χ4n) is 2.49. The minimum absolute atomic E-state index is 0.0811. The van der Waals surface area contributed by atoms with Gasteiger partial charge in [0.05, 0.1) is 0 Å². The van der Waals surface area contributed by atoms with E-state index >= 15 is 0 Å². The first kappa shape index (κ1) is 17.8. The number of anilines is 1. The molecule has 0 bridgehead atoms. The number of amides is 1. The second-order valence-corrected chi connectivity index (χ2v) is 7.19. The molecular weight excluding hydrogens is 316 g/mol. The van der Waals surface area contributed by atoms with Crippen molar-refractivity contribution in [1.82, 2.24) is 5.32 Å². The predicted molar refractivity (Wildman–Crippen MR) is 90.4 cm³/mol. The number of nitrogens with one attached hydrogen (secondary N) is 2. The summed E-state index contributed by atoms with van der Waals surface area (Å²) in [6.45, 7) is 6.11. The van der Waals surface area contributed by atoms with Gasteiger partial charge in [0.25, 0.3) is 0 Å². The Morgan fingerprint density at radius 3 is 2.52 bits per heavy atom. The number of rotatable bonds is 3. The molecule has 5 nitrogen and oxygen atoms in total. The maximum atomic E-state index is 12.4. The van der Waals surface area contributed by atoms with Crippen LogP contribution in [0.15, 0.2) is 24.3 Å². The predicted octanol–water partition coefficient (Wildman–Crippen LogP) is 2.99. The molecule has 0 aromatic heterocycles. The number of carbonyl (C=O) groups excluding carboxylic acids is 2. The number of halogens is 1. The molecule has 1 aliphatic rings. The van der Waals surface area contributed by atoms with Gasteiger partial charge in [-0.15, -0.1) is 0 Å². The normalized spacial score (nSPS) is 21.6. The summed E-state index contributed by atoms with van der Waals surface area (Å²) in [6, 6.07) is 6.52. The monoisotopic (exact) mass is 338 g/mol. The molecule has 6 heteroatoms. The summed E-state index contributed by atoms with van der Waals surface area (Å²) in [5.74, 6) is -0.603. The van der Waals surface area contributed by atoms with Gasteiger partial charge in [0.15, 0.2) is 0 Å². The Balaban J connectivity index is 1.93. The van der Waals surface area contributed by atoms with Crippen molar-refractivity contribution in [1.29, 1.82) is 0 Å². The maximum Gasteiger partial charge on any atom is 0.323 e. The summed E-state index contributed by atoms with van der Waals surface area (Å²) in [4.78, 5) is 24.5. The van der Waals surface area contributed by atoms with Gasteiger partial charge in [0.1, 0.15) is 11.6 Å². The SMILES string of the molecule is CC(C)(C)OC(=O)C1CC(C(=O)Nc2ccc(Cl)cc2)CCN1. The summed E-state index contributed by atoms with van der Waals surface area (Å²) in [5.41, 5.74) is 0.170. The van der Waals surface area contributed by atoms with Crippen molar-refractivity contribution in [3.05, 3.63) is 29.3 Å². The lowest BCUT2D eigenvalue weighted by molar-refractivity contribution is -0.158. The van der Waals surface area contributed by atoms with Gasteiger partial charge in [-0.2, -0.15) is 0 Å². The molecular formula is C17H23ClN2O3. The Hall–Kier alpha value is -1.59. The second kappa shape index (κ2) is 7.32. The van der Waals surface area contributed by atoms with Gasteiger partial charge < -0.3 is 15.4 Å². The Bertz CT molecular complexity index is 566. The Morgan fingerprint density at radius 2 is 1.91 bits per heavy atom. The molecule has 1 saturated heterocycles. The van der Waals surface area contributed by atoms with E-state index in [0.717, 1.165) is 0 Å². The highest BCUT2D eigenvalue weighted by Crippen LogP contribution is 2.21. The molecule has 1 aromatic rings. The molecule has 2 rings (SSSR count). The molecule has 2 unspecified atom stereocenters. The van der Waals surface area contributed by atoms with Gasteiger partial charge in [-0.3, -0.25) is 9.59 Å². The molecule has 0 saturated carbocycles. The molecule has 1 amide bonds. The lowest BCUT2D eigenvalue weighted by Gasteiger charge is -2.30. The van der Waals surface area contributed by atoms with Gasteiger partial charge in [0, 0.05) is 16.6 Å². The molecule has 126 valence electrons. The van der Waals surface area contributed by atoms with Crippen LogP contribution in [0, 0.1) is 5.92 Å². The zero-order chi connectivity index (χ0) is 17.0. The second-order valence-electron chi connectivity index (χ2n) is 6.76. The van der Waals surface area contributed by atoms with Crippen molar-refractivity contribution in [3.8, 4) is 0 Å². The van der Waals surface area contributed by atoms with E-state index < -0.39 is 11.6 Å². The molecule has 1 aromatic carbocycles. The highest BCUT2D eigenvalue weighted by Gasteiger charge is 2.33. The van der Waals surface area contributed by atoms with E-state index in [1.165, 1.54) is 0 Å². The number of hydrogen-bond acceptors (Lipinski definition) is 4. The van der Waals surface area contributed by atoms with Crippen LogP contribution in [0.25, 0.3) is 0 Å². The first-order valence-electron chi connectivity index (χ1n) is 7.77. The molecule has 1 aliphatic heterocycles. The van der Waals surface area contributed by atoms with E-state index in [9.17, 15) is 9.59 Å². The van der Waals surface area contributed by atoms with Crippen LogP contribution in [0.2, 0.25) is 5.02 Å². The smallest absolute Gasteiger partial charge is 0.323 e. The van der Waals surface area contributed by atoms with Crippen LogP contribution in [-0.4, -0.2) is 30.1 Å². The summed E-state index contributed by atoms with van der Waals surface area (Å²) in [5, 5.41) is 6.61. The third kappa shape index (κ3) is 5.52. The van der Waals surface area contributed by atoms with Crippen LogP contribution >= 0.6 is 11.6 Å². The molecule has 1 heterocycles. The number of ether oxygens (including phenoxy) is 1. The molecule has 0 aliphatic carbocycles. The van der Waals surface area contributed by atoms with Crippen LogP contribution in [0.1, 0.15) is 33.6 Å². The van der Waals surface area contributed by atoms with Gasteiger partial charge in [0.2, 0.25) is 5.91 Å². The molecule has 1 fully saturated rings. The van der Waals surface area contributed by atoms with Crippen LogP contribution in [-0.2, 0) is 14.3 Å². The minimum atomic E-state index is -0.530. The zero-order valence-corrected chi connectivity index (χ0v) is 14.4. The van der Waals surface area contributed by atoms with Crippen molar-refractivity contribution < 1.29 is 14.3 Å². The first-order valence-corrected chi connectivity index (χ1v) is 8.15. The number of hydrogen-bond donors (Lipinski definition) is 2. The lowest BCUT2D eigenvalue weighted by Crippen LogP contribution is -2.48. The van der Waals surface area contributed by atoms with E-state index in [2.05, 4.69) is 10.6 Å². The van der Waals surface area contributed by atoms with Crippen molar-refractivity contribution in [2.45, 2.75) is 45.3 Å². The maximum absolute atomic E-state index is 12.4. The van der Waals surface area contributed by atoms with Crippen LogP contribution < -0.4 is 10.6 Å². The summed E-state index contributed by atoms with van der Waals surface area (Å²) in [6.07, 6.45) is 1.13. The molecule has 2 atom stereocenters. The largest absolute Gasteiger partial charge is 0.459 e. The van der Waals surface area contributed by atoms with Crippen molar-refractivity contribution in [2.75, 3.05) is 11.9 Å². The number of piperidine rings is 1. The van der Waals surface area contributed by atoms with E-state index in [1.807, 2.05) is 20.8 Å². The van der Waals surface area contributed by atoms with E-state index in [0.29, 0.717) is 30.1 Å². The van der Waals surface area contributed by atoms with Crippen molar-refractivity contribution in [2.24, 2.45) is 5.92 Å². The Labute approximate surface area is 141 Å². The lowest BCUT2D eigenvalue weighted by atomic mass is 9.91. The average molecular weight is 339 g/mol. The Kier molecular flexibility index (Phi) is 5.65. The topological polar surface area (TPSA) is 67.4 Å². The van der Waals surface area contributed by atoms with Crippen LogP contribution in [0.4, 0.5) is 5.69 Å². The first-order chi connectivity index (χ1) is 10.7. The molecule has 23 heavy (non-hydrogen) atoms. The van der Waals surface area contributed by atoms with Gasteiger partial charge >= 0.3 is 5.97 Å². The highest BCUT2D eigenvalue weighted by molar-refractivity contribution is 6.30. The third-order valence-corrected chi connectivity index (χ3v) is 3.83. The molecule has 2 N–H and O–H groups in total. The van der Waals surface area contributed by atoms with E-state index in [4.69, 9.17) is 16.3 Å². The molecule has 0 radical (unpaired) electrons.